The van der Waals surface area contributed by atoms with Crippen LogP contribution in [0, 0.1) is 13.8 Å². The van der Waals surface area contributed by atoms with E-state index in [2.05, 4.69) is 25.7 Å². The first-order chi connectivity index (χ1) is 8.72. The fourth-order valence-corrected chi connectivity index (χ4v) is 2.58. The third-order valence-corrected chi connectivity index (χ3v) is 3.87. The van der Waals surface area contributed by atoms with Gasteiger partial charge in [0.05, 0.1) is 11.4 Å². The number of nitrogens with one attached hydrogen (secondary N) is 1. The van der Waals surface area contributed by atoms with Crippen LogP contribution in [0.3, 0.4) is 0 Å². The van der Waals surface area contributed by atoms with Crippen LogP contribution < -0.4 is 5.32 Å². The molecule has 5 nitrogen and oxygen atoms in total. The average Bonchev–Trinajstić information content (AvgIpc) is 3.08. The molecule has 94 valence electrons. The minimum absolute atomic E-state index is 0.698. The normalized spacial score (nSPS) is 15.0. The van der Waals surface area contributed by atoms with E-state index >= 15 is 0 Å². The molecule has 0 saturated heterocycles. The van der Waals surface area contributed by atoms with Crippen LogP contribution in [0.1, 0.15) is 29.2 Å². The first-order valence-electron chi connectivity index (χ1n) is 6.09. The Balaban J connectivity index is 1.80. The molecule has 0 bridgehead atoms. The molecule has 2 aromatic heterocycles. The molecule has 0 aliphatic heterocycles. The lowest BCUT2D eigenvalue weighted by atomic mass is 10.2. The zero-order valence-electron chi connectivity index (χ0n) is 10.5. The van der Waals surface area contributed by atoms with Gasteiger partial charge in [0.1, 0.15) is 10.0 Å². The lowest BCUT2D eigenvalue weighted by Crippen LogP contribution is -2.14. The highest BCUT2D eigenvalue weighted by molar-refractivity contribution is 7.14. The maximum atomic E-state index is 4.25. The van der Waals surface area contributed by atoms with Gasteiger partial charge in [-0.15, -0.1) is 10.2 Å². The van der Waals surface area contributed by atoms with E-state index in [1.165, 1.54) is 12.8 Å². The van der Waals surface area contributed by atoms with E-state index in [1.807, 2.05) is 19.9 Å². The second-order valence-electron chi connectivity index (χ2n) is 4.64. The molecule has 1 aliphatic rings. The summed E-state index contributed by atoms with van der Waals surface area (Å²) >= 11 is 1.63. The number of hydrogen-bond acceptors (Lipinski definition) is 6. The number of aryl methyl sites for hydroxylation is 2. The minimum Gasteiger partial charge on any atom is -0.308 e. The molecule has 18 heavy (non-hydrogen) atoms. The summed E-state index contributed by atoms with van der Waals surface area (Å²) in [7, 11) is 0. The Labute approximate surface area is 110 Å². The van der Waals surface area contributed by atoms with Gasteiger partial charge < -0.3 is 5.32 Å². The first-order valence-corrected chi connectivity index (χ1v) is 6.91. The SMILES string of the molecule is Cc1cc(-c2nnc(CNC3CC3)s2)c(C)nn1. The Bertz CT molecular complexity index is 561. The van der Waals surface area contributed by atoms with Gasteiger partial charge in [0.2, 0.25) is 0 Å². The molecule has 0 spiro atoms. The third-order valence-electron chi connectivity index (χ3n) is 2.92. The van der Waals surface area contributed by atoms with Crippen molar-refractivity contribution in [2.75, 3.05) is 0 Å². The zero-order chi connectivity index (χ0) is 12.5. The van der Waals surface area contributed by atoms with Gasteiger partial charge >= 0.3 is 0 Å². The fraction of sp³-hybridized carbons (Fsp3) is 0.500. The van der Waals surface area contributed by atoms with Crippen molar-refractivity contribution in [2.24, 2.45) is 0 Å². The fourth-order valence-electron chi connectivity index (χ4n) is 1.72. The summed E-state index contributed by atoms with van der Waals surface area (Å²) in [6.45, 7) is 4.71. The Kier molecular flexibility index (Phi) is 3.05. The minimum atomic E-state index is 0.698. The van der Waals surface area contributed by atoms with E-state index in [0.29, 0.717) is 6.04 Å². The molecule has 2 aromatic rings. The van der Waals surface area contributed by atoms with E-state index in [1.54, 1.807) is 11.3 Å². The lowest BCUT2D eigenvalue weighted by molar-refractivity contribution is 0.679. The van der Waals surface area contributed by atoms with Gasteiger partial charge in [-0.3, -0.25) is 0 Å². The lowest BCUT2D eigenvalue weighted by Gasteiger charge is -2.00. The van der Waals surface area contributed by atoms with Crippen molar-refractivity contribution in [1.29, 1.82) is 0 Å². The number of aromatic nitrogens is 4. The molecule has 6 heteroatoms. The van der Waals surface area contributed by atoms with Crippen molar-refractivity contribution in [3.63, 3.8) is 0 Å². The van der Waals surface area contributed by atoms with Gasteiger partial charge in [-0.25, -0.2) is 0 Å². The second kappa shape index (κ2) is 4.70. The Hall–Kier alpha value is -1.40. The standard InChI is InChI=1S/C12H15N5S/c1-7-5-10(8(2)15-14-7)12-17-16-11(18-12)6-13-9-3-4-9/h5,9,13H,3-4,6H2,1-2H3. The van der Waals surface area contributed by atoms with Crippen molar-refractivity contribution in [1.82, 2.24) is 25.7 Å². The summed E-state index contributed by atoms with van der Waals surface area (Å²) in [5.41, 5.74) is 2.85. The topological polar surface area (TPSA) is 63.6 Å². The smallest absolute Gasteiger partial charge is 0.149 e. The monoisotopic (exact) mass is 261 g/mol. The Morgan fingerprint density at radius 2 is 2.06 bits per heavy atom. The average molecular weight is 261 g/mol. The van der Waals surface area contributed by atoms with E-state index in [-0.39, 0.29) is 0 Å². The van der Waals surface area contributed by atoms with Crippen LogP contribution in [-0.2, 0) is 6.54 Å². The van der Waals surface area contributed by atoms with Crippen LogP contribution in [0.25, 0.3) is 10.6 Å². The molecule has 0 aromatic carbocycles. The molecule has 0 amide bonds. The van der Waals surface area contributed by atoms with Crippen LogP contribution in [0.4, 0.5) is 0 Å². The Morgan fingerprint density at radius 3 is 2.83 bits per heavy atom. The van der Waals surface area contributed by atoms with Crippen molar-refractivity contribution in [3.05, 3.63) is 22.5 Å². The predicted octanol–water partition coefficient (Wildman–Crippen LogP) is 1.86. The van der Waals surface area contributed by atoms with Crippen molar-refractivity contribution in [2.45, 2.75) is 39.3 Å². The van der Waals surface area contributed by atoms with Gasteiger partial charge in [-0.1, -0.05) is 11.3 Å². The predicted molar refractivity (Wildman–Crippen MR) is 70.3 cm³/mol. The molecule has 0 radical (unpaired) electrons. The van der Waals surface area contributed by atoms with Gasteiger partial charge in [0.15, 0.2) is 0 Å². The van der Waals surface area contributed by atoms with E-state index in [4.69, 9.17) is 0 Å². The second-order valence-corrected chi connectivity index (χ2v) is 5.70. The van der Waals surface area contributed by atoms with Crippen molar-refractivity contribution in [3.8, 4) is 10.6 Å². The maximum Gasteiger partial charge on any atom is 0.149 e. The quantitative estimate of drug-likeness (QED) is 0.910. The molecule has 1 fully saturated rings. The summed E-state index contributed by atoms with van der Waals surface area (Å²) in [5.74, 6) is 0. The molecule has 0 atom stereocenters. The van der Waals surface area contributed by atoms with Crippen molar-refractivity contribution >= 4 is 11.3 Å². The Morgan fingerprint density at radius 1 is 1.22 bits per heavy atom. The highest BCUT2D eigenvalue weighted by atomic mass is 32.1. The summed E-state index contributed by atoms with van der Waals surface area (Å²) in [5, 5.41) is 22.0. The summed E-state index contributed by atoms with van der Waals surface area (Å²) < 4.78 is 0. The van der Waals surface area contributed by atoms with E-state index in [9.17, 15) is 0 Å². The summed E-state index contributed by atoms with van der Waals surface area (Å²) in [6, 6.07) is 2.71. The van der Waals surface area contributed by atoms with Crippen LogP contribution in [-0.4, -0.2) is 26.4 Å². The molecule has 0 unspecified atom stereocenters. The van der Waals surface area contributed by atoms with Crippen LogP contribution >= 0.6 is 11.3 Å². The van der Waals surface area contributed by atoms with Crippen LogP contribution in [0.5, 0.6) is 0 Å². The van der Waals surface area contributed by atoms with Gasteiger partial charge in [0, 0.05) is 18.2 Å². The molecular weight excluding hydrogens is 246 g/mol. The van der Waals surface area contributed by atoms with Crippen molar-refractivity contribution < 1.29 is 0 Å². The number of hydrogen-bond donors (Lipinski definition) is 1. The maximum absolute atomic E-state index is 4.25. The summed E-state index contributed by atoms with van der Waals surface area (Å²) in [4.78, 5) is 0. The van der Waals surface area contributed by atoms with Gasteiger partial charge in [-0.2, -0.15) is 10.2 Å². The van der Waals surface area contributed by atoms with Crippen LogP contribution in [0.15, 0.2) is 6.07 Å². The first kappa shape index (κ1) is 11.7. The molecule has 1 saturated carbocycles. The van der Waals surface area contributed by atoms with Crippen LogP contribution in [0.2, 0.25) is 0 Å². The highest BCUT2D eigenvalue weighted by Crippen LogP contribution is 2.26. The molecular formula is C12H15N5S. The molecule has 2 heterocycles. The zero-order valence-corrected chi connectivity index (χ0v) is 11.3. The van der Waals surface area contributed by atoms with E-state index in [0.717, 1.165) is 33.5 Å². The third kappa shape index (κ3) is 2.54. The summed E-state index contributed by atoms with van der Waals surface area (Å²) in [6.07, 6.45) is 2.58. The van der Waals surface area contributed by atoms with E-state index < -0.39 is 0 Å². The number of nitrogens with zero attached hydrogens (tertiary/aromatic N) is 4. The molecule has 1 aliphatic carbocycles. The molecule has 1 N–H and O–H groups in total. The highest BCUT2D eigenvalue weighted by Gasteiger charge is 2.21. The number of rotatable bonds is 4. The largest absolute Gasteiger partial charge is 0.308 e. The molecule has 3 rings (SSSR count). The van der Waals surface area contributed by atoms with Gasteiger partial charge in [0.25, 0.3) is 0 Å². The van der Waals surface area contributed by atoms with Gasteiger partial charge in [-0.05, 0) is 32.8 Å².